The number of benzene rings is 3. The van der Waals surface area contributed by atoms with Crippen molar-refractivity contribution in [1.82, 2.24) is 0 Å². The fraction of sp³-hybridized carbons (Fsp3) is 0.364. The Labute approximate surface area is 225 Å². The van der Waals surface area contributed by atoms with Crippen LogP contribution in [0.3, 0.4) is 0 Å². The average Bonchev–Trinajstić information content (AvgIpc) is 3.53. The first kappa shape index (κ1) is 25.9. The van der Waals surface area contributed by atoms with E-state index in [2.05, 4.69) is 49.1 Å². The number of rotatable bonds is 8. The van der Waals surface area contributed by atoms with Gasteiger partial charge in [0.15, 0.2) is 0 Å². The number of ether oxygens (including phenoxy) is 2. The molecule has 1 aliphatic heterocycles. The van der Waals surface area contributed by atoms with E-state index >= 15 is 4.39 Å². The Morgan fingerprint density at radius 1 is 1.03 bits per heavy atom. The van der Waals surface area contributed by atoms with E-state index < -0.39 is 0 Å². The zero-order valence-electron chi connectivity index (χ0n) is 22.5. The molecule has 1 heterocycles. The zero-order chi connectivity index (χ0) is 26.7. The van der Waals surface area contributed by atoms with E-state index in [0.717, 1.165) is 60.4 Å². The lowest BCUT2D eigenvalue weighted by Gasteiger charge is -2.26. The van der Waals surface area contributed by atoms with Gasteiger partial charge in [0.2, 0.25) is 0 Å². The number of hydrogen-bond acceptors (Lipinski definition) is 4. The highest BCUT2D eigenvalue weighted by Crippen LogP contribution is 2.47. The minimum atomic E-state index is -0.263. The summed E-state index contributed by atoms with van der Waals surface area (Å²) in [6.45, 7) is 5.88. The van der Waals surface area contributed by atoms with Crippen LogP contribution in [0, 0.1) is 22.6 Å². The van der Waals surface area contributed by atoms with Crippen molar-refractivity contribution in [2.45, 2.75) is 58.6 Å². The molecule has 5 heteroatoms. The van der Waals surface area contributed by atoms with Gasteiger partial charge in [-0.3, -0.25) is 0 Å². The Balaban J connectivity index is 1.43. The number of nitrogens with zero attached hydrogens (tertiary/aromatic N) is 2. The van der Waals surface area contributed by atoms with Gasteiger partial charge in [-0.2, -0.15) is 5.26 Å². The van der Waals surface area contributed by atoms with Gasteiger partial charge >= 0.3 is 0 Å². The summed E-state index contributed by atoms with van der Waals surface area (Å²) in [7, 11) is 1.60. The lowest BCUT2D eigenvalue weighted by atomic mass is 9.79. The van der Waals surface area contributed by atoms with E-state index in [-0.39, 0.29) is 17.3 Å². The van der Waals surface area contributed by atoms with Crippen LogP contribution < -0.4 is 14.4 Å². The minimum absolute atomic E-state index is 0.00754. The molecule has 4 nitrogen and oxygen atoms in total. The summed E-state index contributed by atoms with van der Waals surface area (Å²) in [6.07, 6.45) is 7.07. The van der Waals surface area contributed by atoms with Gasteiger partial charge in [-0.25, -0.2) is 4.39 Å². The number of nitriles is 1. The third-order valence-corrected chi connectivity index (χ3v) is 7.94. The second-order valence-corrected chi connectivity index (χ2v) is 10.9. The molecule has 1 unspecified atom stereocenters. The molecule has 0 N–H and O–H groups in total. The third-order valence-electron chi connectivity index (χ3n) is 7.94. The van der Waals surface area contributed by atoms with E-state index in [1.165, 1.54) is 11.6 Å². The molecule has 3 aromatic rings. The summed E-state index contributed by atoms with van der Waals surface area (Å²) in [5.41, 5.74) is 5.84. The van der Waals surface area contributed by atoms with E-state index in [0.29, 0.717) is 24.3 Å². The maximum Gasteiger partial charge on any atom is 0.131 e. The van der Waals surface area contributed by atoms with Crippen molar-refractivity contribution in [2.75, 3.05) is 18.6 Å². The number of halogens is 1. The van der Waals surface area contributed by atoms with Crippen molar-refractivity contribution in [3.8, 4) is 28.7 Å². The summed E-state index contributed by atoms with van der Waals surface area (Å²) in [5, 5.41) is 9.19. The summed E-state index contributed by atoms with van der Waals surface area (Å²) < 4.78 is 26.7. The molecule has 0 radical (unpaired) electrons. The molecule has 1 fully saturated rings. The molecule has 0 spiro atoms. The van der Waals surface area contributed by atoms with Gasteiger partial charge in [-0.05, 0) is 89.8 Å². The third kappa shape index (κ3) is 5.27. The van der Waals surface area contributed by atoms with Gasteiger partial charge in [0.1, 0.15) is 23.9 Å². The van der Waals surface area contributed by atoms with Crippen LogP contribution in [0.15, 0.2) is 66.7 Å². The maximum atomic E-state index is 15.0. The first-order valence-electron chi connectivity index (χ1n) is 13.4. The monoisotopic (exact) mass is 510 g/mol. The summed E-state index contributed by atoms with van der Waals surface area (Å²) in [5.74, 6) is 1.17. The van der Waals surface area contributed by atoms with Crippen molar-refractivity contribution in [2.24, 2.45) is 5.41 Å². The highest BCUT2D eigenvalue weighted by Gasteiger charge is 2.30. The number of methoxy groups -OCH3 is 1. The van der Waals surface area contributed by atoms with E-state index in [1.54, 1.807) is 19.2 Å². The van der Waals surface area contributed by atoms with Gasteiger partial charge in [0.25, 0.3) is 0 Å². The van der Waals surface area contributed by atoms with Crippen molar-refractivity contribution < 1.29 is 13.9 Å². The summed E-state index contributed by atoms with van der Waals surface area (Å²) in [4.78, 5) is 2.32. The quantitative estimate of drug-likeness (QED) is 0.307. The smallest absolute Gasteiger partial charge is 0.131 e. The van der Waals surface area contributed by atoms with Crippen LogP contribution in [-0.4, -0.2) is 19.7 Å². The lowest BCUT2D eigenvalue weighted by Crippen LogP contribution is -2.28. The van der Waals surface area contributed by atoms with Crippen LogP contribution in [0.1, 0.15) is 57.1 Å². The molecule has 1 aliphatic carbocycles. The molecule has 38 heavy (non-hydrogen) atoms. The molecule has 196 valence electrons. The van der Waals surface area contributed by atoms with E-state index in [4.69, 9.17) is 9.47 Å². The predicted octanol–water partition coefficient (Wildman–Crippen LogP) is 8.17. The number of hydrogen-bond donors (Lipinski definition) is 0. The first-order valence-corrected chi connectivity index (χ1v) is 13.4. The lowest BCUT2D eigenvalue weighted by molar-refractivity contribution is 0.306. The predicted molar refractivity (Wildman–Crippen MR) is 151 cm³/mol. The molecular weight excluding hydrogens is 475 g/mol. The molecule has 1 saturated heterocycles. The molecule has 3 aromatic carbocycles. The molecule has 1 atom stereocenters. The van der Waals surface area contributed by atoms with Crippen molar-refractivity contribution in [3.63, 3.8) is 0 Å². The van der Waals surface area contributed by atoms with E-state index in [1.807, 2.05) is 24.3 Å². The zero-order valence-corrected chi connectivity index (χ0v) is 22.5. The molecular formula is C33H35FN2O2. The van der Waals surface area contributed by atoms with Crippen LogP contribution in [0.5, 0.6) is 11.5 Å². The SMILES string of the molecule is COc1ccc(F)c(-c2ccc(COc3cccc(N4CCCC4CC#N)c3)cc2C2=CCCC2(C)C)c1. The number of anilines is 1. The Bertz CT molecular complexity index is 1390. The van der Waals surface area contributed by atoms with Crippen LogP contribution in [0.4, 0.5) is 10.1 Å². The van der Waals surface area contributed by atoms with Gasteiger partial charge in [0.05, 0.1) is 19.6 Å². The van der Waals surface area contributed by atoms with Crippen LogP contribution in [0.25, 0.3) is 16.7 Å². The largest absolute Gasteiger partial charge is 0.497 e. The average molecular weight is 511 g/mol. The number of allylic oxidation sites excluding steroid dienone is 2. The first-order chi connectivity index (χ1) is 18.4. The summed E-state index contributed by atoms with van der Waals surface area (Å²) in [6, 6.07) is 21.8. The van der Waals surface area contributed by atoms with Crippen LogP contribution >= 0.6 is 0 Å². The van der Waals surface area contributed by atoms with Crippen molar-refractivity contribution in [1.29, 1.82) is 5.26 Å². The van der Waals surface area contributed by atoms with Crippen molar-refractivity contribution >= 4 is 11.3 Å². The highest BCUT2D eigenvalue weighted by molar-refractivity contribution is 5.85. The molecule has 0 saturated carbocycles. The second-order valence-electron chi connectivity index (χ2n) is 10.9. The maximum absolute atomic E-state index is 15.0. The highest BCUT2D eigenvalue weighted by atomic mass is 19.1. The van der Waals surface area contributed by atoms with E-state index in [9.17, 15) is 5.26 Å². The standard InChI is InChI=1S/C33H35FN2O2/c1-33(2)16-5-10-31(33)29-19-23(11-13-28(29)30-21-26(37-3)12-14-32(30)34)22-38-27-9-4-7-25(20-27)36-18-6-8-24(36)15-17-35/h4,7,9-14,19-21,24H,5-6,8,15-16,18,22H2,1-3H3. The van der Waals surface area contributed by atoms with Gasteiger partial charge < -0.3 is 14.4 Å². The molecule has 0 amide bonds. The van der Waals surface area contributed by atoms with Crippen molar-refractivity contribution in [3.05, 3.63) is 83.7 Å². The molecule has 5 rings (SSSR count). The second kappa shape index (κ2) is 10.9. The topological polar surface area (TPSA) is 45.5 Å². The molecule has 0 aromatic heterocycles. The molecule has 2 aliphatic rings. The summed E-state index contributed by atoms with van der Waals surface area (Å²) >= 11 is 0. The van der Waals surface area contributed by atoms with Gasteiger partial charge in [-0.15, -0.1) is 0 Å². The Hall–Kier alpha value is -3.78. The van der Waals surface area contributed by atoms with Gasteiger partial charge in [-0.1, -0.05) is 38.1 Å². The Kier molecular flexibility index (Phi) is 7.42. The minimum Gasteiger partial charge on any atom is -0.497 e. The Morgan fingerprint density at radius 2 is 1.89 bits per heavy atom. The normalized spacial score (nSPS) is 18.2. The molecule has 0 bridgehead atoms. The van der Waals surface area contributed by atoms with Crippen LogP contribution in [0.2, 0.25) is 0 Å². The van der Waals surface area contributed by atoms with Crippen LogP contribution in [-0.2, 0) is 6.61 Å². The Morgan fingerprint density at radius 3 is 2.66 bits per heavy atom. The fourth-order valence-corrected chi connectivity index (χ4v) is 5.85. The fourth-order valence-electron chi connectivity index (χ4n) is 5.85. The van der Waals surface area contributed by atoms with Gasteiger partial charge in [0, 0.05) is 29.9 Å².